The van der Waals surface area contributed by atoms with E-state index in [0.29, 0.717) is 0 Å². The molecular formula is C5HF11O3. The molecule has 0 aliphatic heterocycles. The van der Waals surface area contributed by atoms with Gasteiger partial charge in [-0.15, -0.1) is 22.9 Å². The van der Waals surface area contributed by atoms with E-state index in [-0.39, 0.29) is 0 Å². The van der Waals surface area contributed by atoms with Crippen LogP contribution in [0.25, 0.3) is 0 Å². The van der Waals surface area contributed by atoms with Crippen molar-refractivity contribution in [3.8, 4) is 0 Å². The van der Waals surface area contributed by atoms with Gasteiger partial charge in [0.25, 0.3) is 0 Å². The van der Waals surface area contributed by atoms with Gasteiger partial charge < -0.3 is 0 Å². The summed E-state index contributed by atoms with van der Waals surface area (Å²) in [5.41, 5.74) is 0. The number of ether oxygens (including phenoxy) is 1. The van der Waals surface area contributed by atoms with Crippen LogP contribution in [0.1, 0.15) is 0 Å². The van der Waals surface area contributed by atoms with E-state index in [2.05, 4.69) is 0 Å². The zero-order valence-corrected chi connectivity index (χ0v) is 7.96. The van der Waals surface area contributed by atoms with Gasteiger partial charge in [0.05, 0.1) is 0 Å². The smallest absolute Gasteiger partial charge is 0.243 e. The van der Waals surface area contributed by atoms with Gasteiger partial charge in [0.1, 0.15) is 0 Å². The van der Waals surface area contributed by atoms with Crippen molar-refractivity contribution in [2.24, 2.45) is 0 Å². The van der Waals surface area contributed by atoms with Crippen LogP contribution in [0.4, 0.5) is 48.3 Å². The van der Waals surface area contributed by atoms with E-state index in [1.165, 1.54) is 0 Å². The second-order valence-corrected chi connectivity index (χ2v) is 2.61. The second-order valence-electron chi connectivity index (χ2n) is 2.61. The van der Waals surface area contributed by atoms with Crippen molar-refractivity contribution in [3.05, 3.63) is 0 Å². The van der Waals surface area contributed by atoms with Gasteiger partial charge in [-0.25, -0.2) is 13.5 Å². The van der Waals surface area contributed by atoms with Crippen LogP contribution in [-0.2, 0) is 14.5 Å². The molecular weight excluding hydrogens is 317 g/mol. The summed E-state index contributed by atoms with van der Waals surface area (Å²) < 4.78 is 131. The first-order valence-corrected chi connectivity index (χ1v) is 3.66. The van der Waals surface area contributed by atoms with Gasteiger partial charge in [-0.1, -0.05) is 0 Å². The molecule has 0 aromatic heterocycles. The molecule has 0 atom stereocenters. The molecule has 0 amide bonds. The van der Waals surface area contributed by atoms with Gasteiger partial charge in [0.2, 0.25) is 0 Å². The van der Waals surface area contributed by atoms with Gasteiger partial charge in [0.15, 0.2) is 0 Å². The van der Waals surface area contributed by atoms with E-state index in [1.54, 1.807) is 4.74 Å². The Morgan fingerprint density at radius 3 is 1.37 bits per heavy atom. The molecule has 0 saturated heterocycles. The third-order valence-corrected chi connectivity index (χ3v) is 1.10. The summed E-state index contributed by atoms with van der Waals surface area (Å²) in [7, 11) is 0. The summed E-state index contributed by atoms with van der Waals surface area (Å²) in [5, 5.41) is 0. The zero-order chi connectivity index (χ0) is 15.7. The molecule has 0 fully saturated rings. The first-order valence-electron chi connectivity index (χ1n) is 3.66. The SMILES string of the molecule is FC(F)C(F)(F)OC(F)(F)C(F)(F)OOC(F)(F)F. The van der Waals surface area contributed by atoms with Crippen molar-refractivity contribution in [1.82, 2.24) is 0 Å². The van der Waals surface area contributed by atoms with Gasteiger partial charge in [-0.05, 0) is 0 Å². The molecule has 19 heavy (non-hydrogen) atoms. The molecule has 116 valence electrons. The lowest BCUT2D eigenvalue weighted by Crippen LogP contribution is -2.51. The molecule has 0 rings (SSSR count). The monoisotopic (exact) mass is 318 g/mol. The second kappa shape index (κ2) is 5.24. The van der Waals surface area contributed by atoms with Crippen LogP contribution in [0.15, 0.2) is 0 Å². The molecule has 0 aromatic rings. The van der Waals surface area contributed by atoms with Crippen molar-refractivity contribution < 1.29 is 62.8 Å². The molecule has 0 saturated carbocycles. The average Bonchev–Trinajstić information content (AvgIpc) is 2.11. The minimum absolute atomic E-state index is 1.78. The Labute approximate surface area is 95.3 Å². The topological polar surface area (TPSA) is 27.7 Å². The van der Waals surface area contributed by atoms with Gasteiger partial charge in [0, 0.05) is 0 Å². The zero-order valence-electron chi connectivity index (χ0n) is 7.96. The molecule has 0 heterocycles. The number of hydrogen-bond donors (Lipinski definition) is 0. The van der Waals surface area contributed by atoms with Crippen molar-refractivity contribution in [2.75, 3.05) is 0 Å². The quantitative estimate of drug-likeness (QED) is 0.426. The molecule has 0 bridgehead atoms. The summed E-state index contributed by atoms with van der Waals surface area (Å²) in [5.74, 6) is 0. The van der Waals surface area contributed by atoms with Crippen LogP contribution in [0.2, 0.25) is 0 Å². The maximum atomic E-state index is 12.3. The molecule has 0 radical (unpaired) electrons. The number of halogens is 11. The van der Waals surface area contributed by atoms with E-state index in [4.69, 9.17) is 0 Å². The van der Waals surface area contributed by atoms with Crippen LogP contribution in [0.3, 0.4) is 0 Å². The van der Waals surface area contributed by atoms with Gasteiger partial charge in [-0.3, -0.25) is 0 Å². The molecule has 14 heteroatoms. The fourth-order valence-electron chi connectivity index (χ4n) is 0.423. The standard InChI is InChI=1S/C5HF11O3/c6-1(7)2(8,9)17-3(10,11)4(12,13)18-19-5(14,15)16/h1H. The third-order valence-electron chi connectivity index (χ3n) is 1.10. The predicted octanol–water partition coefficient (Wildman–Crippen LogP) is 3.51. The average molecular weight is 318 g/mol. The molecule has 0 unspecified atom stereocenters. The summed E-state index contributed by atoms with van der Waals surface area (Å²) in [4.78, 5) is 3.69. The Balaban J connectivity index is 4.87. The van der Waals surface area contributed by atoms with Crippen molar-refractivity contribution in [2.45, 2.75) is 31.1 Å². The van der Waals surface area contributed by atoms with Crippen LogP contribution in [0, 0.1) is 0 Å². The van der Waals surface area contributed by atoms with E-state index in [0.717, 1.165) is 0 Å². The first-order chi connectivity index (χ1) is 8.11. The number of alkyl halides is 11. The van der Waals surface area contributed by atoms with E-state index < -0.39 is 31.1 Å². The Bertz CT molecular complexity index is 297. The van der Waals surface area contributed by atoms with Crippen molar-refractivity contribution >= 4 is 0 Å². The molecule has 0 aliphatic carbocycles. The summed E-state index contributed by atoms with van der Waals surface area (Å²) in [6.07, 6.45) is -29.9. The molecule has 0 N–H and O–H groups in total. The Kier molecular flexibility index (Phi) is 4.99. The Hall–Kier alpha value is -0.890. The normalized spacial score (nSPS) is 15.2. The summed E-state index contributed by atoms with van der Waals surface area (Å²) in [6, 6.07) is 0. The fourth-order valence-corrected chi connectivity index (χ4v) is 0.423. The molecule has 0 aromatic carbocycles. The van der Waals surface area contributed by atoms with E-state index in [1.807, 2.05) is 9.78 Å². The lowest BCUT2D eigenvalue weighted by molar-refractivity contribution is -0.599. The van der Waals surface area contributed by atoms with E-state index >= 15 is 0 Å². The highest BCUT2D eigenvalue weighted by atomic mass is 19.4. The largest absolute Gasteiger partial charge is 0.549 e. The number of rotatable bonds is 6. The fraction of sp³-hybridized carbons (Fsp3) is 1.00. The third kappa shape index (κ3) is 5.32. The van der Waals surface area contributed by atoms with E-state index in [9.17, 15) is 48.3 Å². The van der Waals surface area contributed by atoms with Crippen molar-refractivity contribution in [3.63, 3.8) is 0 Å². The van der Waals surface area contributed by atoms with Crippen LogP contribution in [0.5, 0.6) is 0 Å². The molecule has 3 nitrogen and oxygen atoms in total. The van der Waals surface area contributed by atoms with Gasteiger partial charge in [-0.2, -0.15) is 26.3 Å². The minimum atomic E-state index is -6.53. The lowest BCUT2D eigenvalue weighted by Gasteiger charge is -2.27. The lowest BCUT2D eigenvalue weighted by atomic mass is 10.5. The van der Waals surface area contributed by atoms with Gasteiger partial charge >= 0.3 is 31.1 Å². The predicted molar refractivity (Wildman–Crippen MR) is 30.2 cm³/mol. The maximum Gasteiger partial charge on any atom is 0.549 e. The van der Waals surface area contributed by atoms with Crippen LogP contribution >= 0.6 is 0 Å². The Morgan fingerprint density at radius 2 is 1.05 bits per heavy atom. The molecule has 0 spiro atoms. The number of hydrogen-bond acceptors (Lipinski definition) is 3. The highest BCUT2D eigenvalue weighted by molar-refractivity contribution is 4.69. The van der Waals surface area contributed by atoms with Crippen LogP contribution in [-0.4, -0.2) is 31.1 Å². The first kappa shape index (κ1) is 18.1. The highest BCUT2D eigenvalue weighted by Gasteiger charge is 2.67. The summed E-state index contributed by atoms with van der Waals surface area (Å²) in [6.45, 7) is 0. The highest BCUT2D eigenvalue weighted by Crippen LogP contribution is 2.42. The molecule has 0 aliphatic rings. The summed E-state index contributed by atoms with van der Waals surface area (Å²) >= 11 is 0. The minimum Gasteiger partial charge on any atom is -0.243 e. The van der Waals surface area contributed by atoms with Crippen molar-refractivity contribution in [1.29, 1.82) is 0 Å². The van der Waals surface area contributed by atoms with Crippen LogP contribution < -0.4 is 0 Å². The Morgan fingerprint density at radius 1 is 0.632 bits per heavy atom. The maximum absolute atomic E-state index is 12.3.